The second kappa shape index (κ2) is 2.57. The van der Waals surface area contributed by atoms with Gasteiger partial charge in [0, 0.05) is 6.20 Å². The van der Waals surface area contributed by atoms with E-state index in [0.717, 1.165) is 0 Å². The molecule has 2 N–H and O–H groups in total. The molecule has 1 heterocycles. The molecule has 0 amide bonds. The molecule has 0 bridgehead atoms. The fraction of sp³-hybridized carbons (Fsp3) is 0.143. The Labute approximate surface area is 63.1 Å². The minimum absolute atomic E-state index is 0.132. The monoisotopic (exact) mass is 153 g/mol. The maximum absolute atomic E-state index is 10.4. The molecule has 0 saturated carbocycles. The Morgan fingerprint density at radius 1 is 1.64 bits per heavy atom. The van der Waals surface area contributed by atoms with Crippen molar-refractivity contribution in [3.05, 3.63) is 23.5 Å². The maximum atomic E-state index is 10.4. The number of rotatable bonds is 1. The number of aromatic hydroxyl groups is 1. The summed E-state index contributed by atoms with van der Waals surface area (Å²) in [6, 6.07) is 1.25. The van der Waals surface area contributed by atoms with Crippen LogP contribution in [0.15, 0.2) is 12.3 Å². The van der Waals surface area contributed by atoms with E-state index in [9.17, 15) is 4.79 Å². The van der Waals surface area contributed by atoms with Gasteiger partial charge >= 0.3 is 5.97 Å². The molecule has 4 heteroatoms. The first-order valence-corrected chi connectivity index (χ1v) is 3.01. The fourth-order valence-corrected chi connectivity index (χ4v) is 0.817. The molecular weight excluding hydrogens is 146 g/mol. The lowest BCUT2D eigenvalue weighted by molar-refractivity contribution is 0.0692. The number of nitrogens with zero attached hydrogens (tertiary/aromatic N) is 1. The lowest BCUT2D eigenvalue weighted by Gasteiger charge is -2.00. The lowest BCUT2D eigenvalue weighted by atomic mass is 10.2. The smallest absolute Gasteiger partial charge is 0.341 e. The Balaban J connectivity index is 3.32. The number of carboxylic acids is 1. The summed E-state index contributed by atoms with van der Waals surface area (Å²) in [5, 5.41) is 17.6. The third kappa shape index (κ3) is 1.29. The fourth-order valence-electron chi connectivity index (χ4n) is 0.817. The van der Waals surface area contributed by atoms with Crippen LogP contribution in [0.4, 0.5) is 0 Å². The second-order valence-corrected chi connectivity index (χ2v) is 2.10. The summed E-state index contributed by atoms with van der Waals surface area (Å²) in [5.41, 5.74) is 0.185. The summed E-state index contributed by atoms with van der Waals surface area (Å²) in [7, 11) is 0. The maximum Gasteiger partial charge on any atom is 0.341 e. The number of hydrogen-bond donors (Lipinski definition) is 2. The third-order valence-corrected chi connectivity index (χ3v) is 1.33. The number of aromatic carboxylic acids is 1. The van der Waals surface area contributed by atoms with E-state index in [2.05, 4.69) is 4.98 Å². The Kier molecular flexibility index (Phi) is 1.76. The van der Waals surface area contributed by atoms with Gasteiger partial charge in [-0.3, -0.25) is 4.98 Å². The highest BCUT2D eigenvalue weighted by atomic mass is 16.4. The predicted molar refractivity (Wildman–Crippen MR) is 37.6 cm³/mol. The molecule has 0 spiro atoms. The van der Waals surface area contributed by atoms with Crippen LogP contribution >= 0.6 is 0 Å². The van der Waals surface area contributed by atoms with E-state index in [1.54, 1.807) is 0 Å². The standard InChI is InChI=1S/C7H7NO3/c1-4-6(7(10)11)5(9)2-3-8-4/h2-3H,1H3,(H,8,9)(H,10,11). The summed E-state index contributed by atoms with van der Waals surface area (Å²) in [6.45, 7) is 1.53. The minimum atomic E-state index is -1.16. The quantitative estimate of drug-likeness (QED) is 0.625. The Hall–Kier alpha value is -1.58. The molecule has 11 heavy (non-hydrogen) atoms. The van der Waals surface area contributed by atoms with Crippen molar-refractivity contribution in [1.82, 2.24) is 4.98 Å². The van der Waals surface area contributed by atoms with E-state index >= 15 is 0 Å². The van der Waals surface area contributed by atoms with Gasteiger partial charge in [-0.1, -0.05) is 0 Å². The first kappa shape index (κ1) is 7.53. The molecule has 1 rings (SSSR count). The predicted octanol–water partition coefficient (Wildman–Crippen LogP) is 0.794. The third-order valence-electron chi connectivity index (χ3n) is 1.33. The van der Waals surface area contributed by atoms with E-state index < -0.39 is 5.97 Å². The summed E-state index contributed by atoms with van der Waals surface area (Å²) in [4.78, 5) is 14.2. The molecule has 0 atom stereocenters. The zero-order valence-electron chi connectivity index (χ0n) is 5.90. The highest BCUT2D eigenvalue weighted by molar-refractivity contribution is 5.91. The van der Waals surface area contributed by atoms with Crippen molar-refractivity contribution in [1.29, 1.82) is 0 Å². The summed E-state index contributed by atoms with van der Waals surface area (Å²) in [5.74, 6) is -1.40. The van der Waals surface area contributed by atoms with Gasteiger partial charge in [0.05, 0.1) is 5.69 Å². The lowest BCUT2D eigenvalue weighted by Crippen LogP contribution is -2.01. The van der Waals surface area contributed by atoms with Crippen molar-refractivity contribution < 1.29 is 15.0 Å². The van der Waals surface area contributed by atoms with Gasteiger partial charge in [0.25, 0.3) is 0 Å². The van der Waals surface area contributed by atoms with Crippen LogP contribution in [-0.2, 0) is 0 Å². The van der Waals surface area contributed by atoms with E-state index in [1.807, 2.05) is 0 Å². The Morgan fingerprint density at radius 3 is 2.64 bits per heavy atom. The van der Waals surface area contributed by atoms with Crippen LogP contribution in [-0.4, -0.2) is 21.2 Å². The van der Waals surface area contributed by atoms with Crippen LogP contribution in [0.2, 0.25) is 0 Å². The van der Waals surface area contributed by atoms with Gasteiger partial charge in [-0.05, 0) is 13.0 Å². The zero-order valence-corrected chi connectivity index (χ0v) is 5.90. The van der Waals surface area contributed by atoms with Gasteiger partial charge < -0.3 is 10.2 Å². The van der Waals surface area contributed by atoms with Gasteiger partial charge in [0.15, 0.2) is 0 Å². The average Bonchev–Trinajstić information content (AvgIpc) is 1.85. The van der Waals surface area contributed by atoms with Gasteiger partial charge in [0.1, 0.15) is 11.3 Å². The van der Waals surface area contributed by atoms with Gasteiger partial charge in [-0.15, -0.1) is 0 Å². The summed E-state index contributed by atoms with van der Waals surface area (Å²) in [6.07, 6.45) is 1.36. The minimum Gasteiger partial charge on any atom is -0.507 e. The molecule has 1 aromatic heterocycles. The van der Waals surface area contributed by atoms with Crippen molar-refractivity contribution in [3.8, 4) is 5.75 Å². The van der Waals surface area contributed by atoms with Crippen molar-refractivity contribution in [2.45, 2.75) is 6.92 Å². The molecule has 0 saturated heterocycles. The zero-order chi connectivity index (χ0) is 8.43. The molecular formula is C7H7NO3. The molecule has 0 radical (unpaired) electrons. The molecule has 0 aliphatic heterocycles. The van der Waals surface area contributed by atoms with Crippen LogP contribution in [0.1, 0.15) is 16.1 Å². The highest BCUT2D eigenvalue weighted by Crippen LogP contribution is 2.17. The number of hydrogen-bond acceptors (Lipinski definition) is 3. The highest BCUT2D eigenvalue weighted by Gasteiger charge is 2.12. The summed E-state index contributed by atoms with van der Waals surface area (Å²) >= 11 is 0. The Morgan fingerprint density at radius 2 is 2.27 bits per heavy atom. The molecule has 1 aromatic rings. The number of carbonyl (C=O) groups is 1. The number of carboxylic acid groups (broad SMARTS) is 1. The molecule has 0 unspecified atom stereocenters. The number of aromatic nitrogens is 1. The van der Waals surface area contributed by atoms with E-state index in [1.165, 1.54) is 19.2 Å². The van der Waals surface area contributed by atoms with Gasteiger partial charge in [-0.25, -0.2) is 4.79 Å². The first-order chi connectivity index (χ1) is 5.13. The normalized spacial score (nSPS) is 9.55. The van der Waals surface area contributed by atoms with Crippen LogP contribution in [0, 0.1) is 6.92 Å². The average molecular weight is 153 g/mol. The molecule has 0 aliphatic carbocycles. The topological polar surface area (TPSA) is 70.4 Å². The van der Waals surface area contributed by atoms with Crippen molar-refractivity contribution in [2.24, 2.45) is 0 Å². The number of aryl methyl sites for hydroxylation is 1. The molecule has 0 aromatic carbocycles. The van der Waals surface area contributed by atoms with Crippen LogP contribution in [0.25, 0.3) is 0 Å². The van der Waals surface area contributed by atoms with Crippen LogP contribution in [0.3, 0.4) is 0 Å². The SMILES string of the molecule is Cc1nccc(O)c1C(=O)O. The molecule has 4 nitrogen and oxygen atoms in total. The largest absolute Gasteiger partial charge is 0.507 e. The molecule has 0 fully saturated rings. The Bertz CT molecular complexity index is 275. The van der Waals surface area contributed by atoms with E-state index in [-0.39, 0.29) is 11.3 Å². The molecule has 0 aliphatic rings. The number of pyridine rings is 1. The van der Waals surface area contributed by atoms with Crippen molar-refractivity contribution in [2.75, 3.05) is 0 Å². The van der Waals surface area contributed by atoms with Crippen LogP contribution in [0.5, 0.6) is 5.75 Å². The van der Waals surface area contributed by atoms with Crippen molar-refractivity contribution >= 4 is 5.97 Å². The van der Waals surface area contributed by atoms with Crippen molar-refractivity contribution in [3.63, 3.8) is 0 Å². The van der Waals surface area contributed by atoms with E-state index in [0.29, 0.717) is 5.69 Å². The van der Waals surface area contributed by atoms with E-state index in [4.69, 9.17) is 10.2 Å². The van der Waals surface area contributed by atoms with Crippen LogP contribution < -0.4 is 0 Å². The summed E-state index contributed by atoms with van der Waals surface area (Å²) < 4.78 is 0. The first-order valence-electron chi connectivity index (χ1n) is 3.01. The molecule has 58 valence electrons. The van der Waals surface area contributed by atoms with Gasteiger partial charge in [-0.2, -0.15) is 0 Å². The van der Waals surface area contributed by atoms with Gasteiger partial charge in [0.2, 0.25) is 0 Å². The second-order valence-electron chi connectivity index (χ2n) is 2.10.